The van der Waals surface area contributed by atoms with Crippen LogP contribution >= 0.6 is 12.6 Å². The van der Waals surface area contributed by atoms with Crippen molar-refractivity contribution in [3.8, 4) is 0 Å². The summed E-state index contributed by atoms with van der Waals surface area (Å²) in [5, 5.41) is 0.790. The summed E-state index contributed by atoms with van der Waals surface area (Å²) in [4.78, 5) is 0. The van der Waals surface area contributed by atoms with E-state index in [1.807, 2.05) is 0 Å². The molecule has 82 valence electrons. The van der Waals surface area contributed by atoms with Gasteiger partial charge in [-0.25, -0.2) is 0 Å². The van der Waals surface area contributed by atoms with Gasteiger partial charge in [0.15, 0.2) is 0 Å². The van der Waals surface area contributed by atoms with Gasteiger partial charge >= 0.3 is 0 Å². The Morgan fingerprint density at radius 2 is 1.47 bits per heavy atom. The van der Waals surface area contributed by atoms with Gasteiger partial charge in [0.25, 0.3) is 0 Å². The Labute approximate surface area is 97.6 Å². The van der Waals surface area contributed by atoms with Crippen molar-refractivity contribution < 1.29 is 0 Å². The van der Waals surface area contributed by atoms with Crippen molar-refractivity contribution in [3.63, 3.8) is 0 Å². The third-order valence-electron chi connectivity index (χ3n) is 7.05. The Morgan fingerprint density at radius 1 is 0.800 bits per heavy atom. The van der Waals surface area contributed by atoms with Crippen LogP contribution < -0.4 is 0 Å². The molecule has 0 radical (unpaired) electrons. The van der Waals surface area contributed by atoms with E-state index in [0.717, 1.165) is 26.9 Å². The van der Waals surface area contributed by atoms with E-state index in [-0.39, 0.29) is 0 Å². The van der Waals surface area contributed by atoms with E-state index in [9.17, 15) is 0 Å². The third-order valence-corrected chi connectivity index (χ3v) is 8.09. The molecule has 0 aliphatic heterocycles. The zero-order valence-corrected chi connectivity index (χ0v) is 10.3. The van der Waals surface area contributed by atoms with E-state index in [4.69, 9.17) is 12.6 Å². The van der Waals surface area contributed by atoms with E-state index < -0.39 is 0 Å². The van der Waals surface area contributed by atoms with Gasteiger partial charge in [-0.15, -0.1) is 0 Å². The van der Waals surface area contributed by atoms with Crippen LogP contribution in [0.5, 0.6) is 0 Å². The van der Waals surface area contributed by atoms with Crippen LogP contribution in [0.1, 0.15) is 57.8 Å². The molecule has 5 saturated carbocycles. The SMILES string of the molecule is SC1C2(CC2)CC2(CC2)C2(CC2)C12CC2. The maximum atomic E-state index is 5.11. The lowest BCUT2D eigenvalue weighted by atomic mass is 9.59. The molecule has 0 N–H and O–H groups in total. The summed E-state index contributed by atoms with van der Waals surface area (Å²) < 4.78 is 0. The number of rotatable bonds is 0. The molecule has 0 aromatic heterocycles. The summed E-state index contributed by atoms with van der Waals surface area (Å²) in [6, 6.07) is 0. The molecule has 0 nitrogen and oxygen atoms in total. The summed E-state index contributed by atoms with van der Waals surface area (Å²) in [6.45, 7) is 0. The summed E-state index contributed by atoms with van der Waals surface area (Å²) in [7, 11) is 0. The Morgan fingerprint density at radius 3 is 1.87 bits per heavy atom. The predicted molar refractivity (Wildman–Crippen MR) is 64.1 cm³/mol. The van der Waals surface area contributed by atoms with E-state index in [1.165, 1.54) is 25.7 Å². The summed E-state index contributed by atoms with van der Waals surface area (Å²) in [5.41, 5.74) is 3.19. The molecule has 5 aliphatic rings. The summed E-state index contributed by atoms with van der Waals surface area (Å²) >= 11 is 5.11. The Hall–Kier alpha value is 0.350. The topological polar surface area (TPSA) is 0 Å². The highest BCUT2D eigenvalue weighted by Crippen LogP contribution is 2.91. The van der Waals surface area contributed by atoms with Crippen molar-refractivity contribution >= 4 is 12.6 Å². The zero-order chi connectivity index (χ0) is 9.94. The van der Waals surface area contributed by atoms with Gasteiger partial charge in [-0.2, -0.15) is 12.6 Å². The normalized spacial score (nSPS) is 47.4. The second-order valence-electron chi connectivity index (χ2n) is 7.46. The first-order valence-corrected chi connectivity index (χ1v) is 7.39. The van der Waals surface area contributed by atoms with Crippen LogP contribution in [0.2, 0.25) is 0 Å². The Balaban J connectivity index is 1.68. The van der Waals surface area contributed by atoms with Crippen LogP contribution in [0.4, 0.5) is 0 Å². The van der Waals surface area contributed by atoms with Gasteiger partial charge < -0.3 is 0 Å². The minimum atomic E-state index is 0.740. The second-order valence-corrected chi connectivity index (χ2v) is 7.98. The molecule has 4 spiro atoms. The molecule has 5 aliphatic carbocycles. The van der Waals surface area contributed by atoms with Crippen LogP contribution in [-0.2, 0) is 0 Å². The average molecular weight is 220 g/mol. The van der Waals surface area contributed by atoms with Gasteiger partial charge in [-0.05, 0) is 79.4 Å². The predicted octanol–water partition coefficient (Wildman–Crippen LogP) is 3.81. The second kappa shape index (κ2) is 1.94. The first-order chi connectivity index (χ1) is 7.19. The average Bonchev–Trinajstić information content (AvgIpc) is 3.01. The molecule has 0 heterocycles. The molecule has 5 fully saturated rings. The minimum absolute atomic E-state index is 0.740. The van der Waals surface area contributed by atoms with Crippen molar-refractivity contribution in [2.75, 3.05) is 0 Å². The maximum absolute atomic E-state index is 5.11. The van der Waals surface area contributed by atoms with Crippen LogP contribution in [0.25, 0.3) is 0 Å². The van der Waals surface area contributed by atoms with E-state index in [2.05, 4.69) is 0 Å². The van der Waals surface area contributed by atoms with Crippen molar-refractivity contribution in [2.24, 2.45) is 21.7 Å². The molecule has 0 amide bonds. The van der Waals surface area contributed by atoms with Crippen LogP contribution in [0, 0.1) is 21.7 Å². The zero-order valence-electron chi connectivity index (χ0n) is 9.39. The van der Waals surface area contributed by atoms with E-state index in [1.54, 1.807) is 32.1 Å². The lowest BCUT2D eigenvalue weighted by molar-refractivity contribution is 0.0428. The van der Waals surface area contributed by atoms with Gasteiger partial charge in [-0.3, -0.25) is 0 Å². The number of fused-ring (bicyclic) bond motifs is 2. The van der Waals surface area contributed by atoms with Gasteiger partial charge in [0.05, 0.1) is 0 Å². The highest BCUT2D eigenvalue weighted by molar-refractivity contribution is 7.81. The first kappa shape index (κ1) is 8.44. The Bertz CT molecular complexity index is 354. The van der Waals surface area contributed by atoms with Gasteiger partial charge in [0.1, 0.15) is 0 Å². The largest absolute Gasteiger partial charge is 0.175 e. The molecule has 0 saturated heterocycles. The smallest absolute Gasteiger partial charge is 0.0135 e. The number of hydrogen-bond donors (Lipinski definition) is 1. The fourth-order valence-corrected chi connectivity index (χ4v) is 6.63. The molecule has 1 atom stereocenters. The summed E-state index contributed by atoms with van der Waals surface area (Å²) in [5.74, 6) is 0. The first-order valence-electron chi connectivity index (χ1n) is 6.87. The van der Waals surface area contributed by atoms with Gasteiger partial charge in [-0.1, -0.05) is 0 Å². The standard InChI is InChI=1S/C14H20S/c15-10-11(1-2-11)9-12(3-4-12)14(7-8-14)13(10)5-6-13/h10,15H,1-9H2. The number of thiol groups is 1. The van der Waals surface area contributed by atoms with Crippen molar-refractivity contribution in [2.45, 2.75) is 63.0 Å². The van der Waals surface area contributed by atoms with Crippen LogP contribution in [-0.4, -0.2) is 5.25 Å². The highest BCUT2D eigenvalue weighted by atomic mass is 32.1. The van der Waals surface area contributed by atoms with Crippen molar-refractivity contribution in [1.29, 1.82) is 0 Å². The molecule has 0 aromatic carbocycles. The quantitative estimate of drug-likeness (QED) is 0.590. The van der Waals surface area contributed by atoms with E-state index >= 15 is 0 Å². The summed E-state index contributed by atoms with van der Waals surface area (Å²) in [6.07, 6.45) is 14.0. The molecule has 0 bridgehead atoms. The molecule has 0 aromatic rings. The molecule has 15 heavy (non-hydrogen) atoms. The lowest BCUT2D eigenvalue weighted by Crippen LogP contribution is -2.46. The highest BCUT2D eigenvalue weighted by Gasteiger charge is 2.84. The molecule has 1 unspecified atom stereocenters. The third kappa shape index (κ3) is 0.689. The van der Waals surface area contributed by atoms with Crippen molar-refractivity contribution in [3.05, 3.63) is 0 Å². The fraction of sp³-hybridized carbons (Fsp3) is 1.00. The van der Waals surface area contributed by atoms with Crippen LogP contribution in [0.15, 0.2) is 0 Å². The molecule has 5 rings (SSSR count). The molecular weight excluding hydrogens is 200 g/mol. The minimum Gasteiger partial charge on any atom is -0.175 e. The van der Waals surface area contributed by atoms with Crippen molar-refractivity contribution in [1.82, 2.24) is 0 Å². The molecule has 1 heteroatoms. The number of hydrogen-bond acceptors (Lipinski definition) is 1. The van der Waals surface area contributed by atoms with Gasteiger partial charge in [0, 0.05) is 5.25 Å². The monoisotopic (exact) mass is 220 g/mol. The Kier molecular flexibility index (Phi) is 1.09. The van der Waals surface area contributed by atoms with Crippen LogP contribution in [0.3, 0.4) is 0 Å². The van der Waals surface area contributed by atoms with E-state index in [0.29, 0.717) is 0 Å². The maximum Gasteiger partial charge on any atom is 0.0135 e. The molecular formula is C14H20S. The fourth-order valence-electron chi connectivity index (χ4n) is 5.77. The van der Waals surface area contributed by atoms with Gasteiger partial charge in [0.2, 0.25) is 0 Å². The lowest BCUT2D eigenvalue weighted by Gasteiger charge is -2.49.